The molecule has 0 unspecified atom stereocenters. The van der Waals surface area contributed by atoms with Crippen LogP contribution in [-0.2, 0) is 35.2 Å². The second-order valence-corrected chi connectivity index (χ2v) is 12.0. The zero-order chi connectivity index (χ0) is 29.5. The number of hydrogen-bond donors (Lipinski definition) is 2. The van der Waals surface area contributed by atoms with E-state index in [0.29, 0.717) is 16.1 Å². The third-order valence-corrected chi connectivity index (χ3v) is 9.29. The van der Waals surface area contributed by atoms with Gasteiger partial charge in [0.15, 0.2) is 0 Å². The number of ether oxygens (including phenoxy) is 1. The van der Waals surface area contributed by atoms with Crippen molar-refractivity contribution in [3.63, 3.8) is 0 Å². The van der Waals surface area contributed by atoms with Gasteiger partial charge in [-0.3, -0.25) is 9.59 Å². The first-order valence-corrected chi connectivity index (χ1v) is 15.7. The molecule has 6 nitrogen and oxygen atoms in total. The van der Waals surface area contributed by atoms with E-state index in [0.717, 1.165) is 86.6 Å². The fraction of sp³-hybridized carbons (Fsp3) is 0.343. The quantitative estimate of drug-likeness (QED) is 0.239. The molecule has 2 aliphatic carbocycles. The van der Waals surface area contributed by atoms with Gasteiger partial charge < -0.3 is 15.4 Å². The molecule has 0 spiro atoms. The Hall–Kier alpha value is -3.97. The number of benzene rings is 2. The van der Waals surface area contributed by atoms with Crippen molar-refractivity contribution >= 4 is 39.8 Å². The van der Waals surface area contributed by atoms with E-state index in [1.807, 2.05) is 42.5 Å². The van der Waals surface area contributed by atoms with Crippen molar-refractivity contribution in [2.45, 2.75) is 71.1 Å². The van der Waals surface area contributed by atoms with Crippen LogP contribution >= 0.6 is 11.3 Å². The standard InChI is InChI=1S/C35H38N2O4S/c1-3-23-8-7-11-27(22-23)32(38)37-34-31(29-12-4-5-13-30(29)42-34)33(39)36-28-20-16-25(17-21-28)10-6-9-24-14-18-26(19-15-24)35(40)41-2/h7-8,11,14,16-18,20-22H,3-6,9-10,12-13,15,19H2,1-2H3,(H,36,39)(H,37,38). The number of fused-ring (bicyclic) bond motifs is 1. The first kappa shape index (κ1) is 29.5. The molecule has 3 aromatic rings. The highest BCUT2D eigenvalue weighted by atomic mass is 32.1. The van der Waals surface area contributed by atoms with E-state index < -0.39 is 0 Å². The normalized spacial score (nSPS) is 14.3. The number of thiophene rings is 1. The molecule has 0 saturated heterocycles. The molecule has 2 aromatic carbocycles. The van der Waals surface area contributed by atoms with Crippen molar-refractivity contribution in [3.8, 4) is 0 Å². The number of aryl methyl sites for hydroxylation is 3. The minimum atomic E-state index is -0.241. The molecule has 2 aliphatic rings. The van der Waals surface area contributed by atoms with E-state index in [4.69, 9.17) is 4.74 Å². The largest absolute Gasteiger partial charge is 0.466 e. The second kappa shape index (κ2) is 13.8. The Labute approximate surface area is 251 Å². The molecule has 218 valence electrons. The van der Waals surface area contributed by atoms with Crippen LogP contribution in [0.2, 0.25) is 0 Å². The lowest BCUT2D eigenvalue weighted by Gasteiger charge is -2.14. The van der Waals surface area contributed by atoms with Gasteiger partial charge in [0.25, 0.3) is 11.8 Å². The molecular formula is C35H38N2O4S. The van der Waals surface area contributed by atoms with Gasteiger partial charge in [-0.25, -0.2) is 4.79 Å². The van der Waals surface area contributed by atoms with E-state index in [9.17, 15) is 14.4 Å². The van der Waals surface area contributed by atoms with Crippen molar-refractivity contribution in [2.24, 2.45) is 0 Å². The maximum Gasteiger partial charge on any atom is 0.333 e. The number of hydrogen-bond acceptors (Lipinski definition) is 5. The number of carbonyl (C=O) groups excluding carboxylic acids is 3. The van der Waals surface area contributed by atoms with Crippen LogP contribution in [0.4, 0.5) is 10.7 Å². The zero-order valence-corrected chi connectivity index (χ0v) is 25.2. The van der Waals surface area contributed by atoms with Gasteiger partial charge in [0, 0.05) is 21.7 Å². The van der Waals surface area contributed by atoms with Crippen LogP contribution in [0, 0.1) is 0 Å². The minimum Gasteiger partial charge on any atom is -0.466 e. The molecule has 1 heterocycles. The SMILES string of the molecule is CCc1cccc(C(=O)Nc2sc3c(c2C(=O)Nc2ccc(CCCC4=CC=C(C(=O)OC)CC4)cc2)CCCC3)c1. The number of carbonyl (C=O) groups is 3. The molecule has 0 bridgehead atoms. The van der Waals surface area contributed by atoms with Crippen LogP contribution in [0.1, 0.15) is 87.7 Å². The zero-order valence-electron chi connectivity index (χ0n) is 24.4. The molecule has 0 fully saturated rings. The molecular weight excluding hydrogens is 544 g/mol. The number of allylic oxidation sites excluding steroid dienone is 3. The number of esters is 1. The molecule has 0 radical (unpaired) electrons. The Morgan fingerprint density at radius 2 is 1.67 bits per heavy atom. The first-order valence-electron chi connectivity index (χ1n) is 14.9. The van der Waals surface area contributed by atoms with Crippen molar-refractivity contribution in [1.82, 2.24) is 0 Å². The summed E-state index contributed by atoms with van der Waals surface area (Å²) in [4.78, 5) is 39.6. The van der Waals surface area contributed by atoms with Gasteiger partial charge in [-0.1, -0.05) is 48.9 Å². The second-order valence-electron chi connectivity index (χ2n) is 10.9. The first-order chi connectivity index (χ1) is 20.4. The topological polar surface area (TPSA) is 84.5 Å². The summed E-state index contributed by atoms with van der Waals surface area (Å²) in [5.74, 6) is -0.607. The number of nitrogens with one attached hydrogen (secondary N) is 2. The Bertz CT molecular complexity index is 1530. The maximum atomic E-state index is 13.6. The molecule has 2 amide bonds. The van der Waals surface area contributed by atoms with Crippen molar-refractivity contribution < 1.29 is 19.1 Å². The van der Waals surface area contributed by atoms with Crippen molar-refractivity contribution in [3.05, 3.63) is 105 Å². The summed E-state index contributed by atoms with van der Waals surface area (Å²) >= 11 is 1.54. The Kier molecular flexibility index (Phi) is 9.70. The van der Waals surface area contributed by atoms with Gasteiger partial charge in [0.05, 0.1) is 12.7 Å². The lowest BCUT2D eigenvalue weighted by molar-refractivity contribution is -0.136. The van der Waals surface area contributed by atoms with Gasteiger partial charge in [-0.05, 0) is 105 Å². The van der Waals surface area contributed by atoms with Crippen LogP contribution < -0.4 is 10.6 Å². The number of amides is 2. The Morgan fingerprint density at radius 1 is 0.857 bits per heavy atom. The fourth-order valence-corrected chi connectivity index (χ4v) is 6.94. The number of rotatable bonds is 10. The highest BCUT2D eigenvalue weighted by molar-refractivity contribution is 7.17. The fourth-order valence-electron chi connectivity index (χ4n) is 5.66. The Balaban J connectivity index is 1.22. The third-order valence-electron chi connectivity index (χ3n) is 8.08. The highest BCUT2D eigenvalue weighted by Crippen LogP contribution is 2.39. The molecule has 0 atom stereocenters. The van der Waals surface area contributed by atoms with Gasteiger partial charge in [0.1, 0.15) is 5.00 Å². The molecule has 2 N–H and O–H groups in total. The molecule has 5 rings (SSSR count). The predicted octanol–water partition coefficient (Wildman–Crippen LogP) is 7.84. The predicted molar refractivity (Wildman–Crippen MR) is 169 cm³/mol. The smallest absolute Gasteiger partial charge is 0.333 e. The Morgan fingerprint density at radius 3 is 2.40 bits per heavy atom. The van der Waals surface area contributed by atoms with Crippen LogP contribution in [0.5, 0.6) is 0 Å². The summed E-state index contributed by atoms with van der Waals surface area (Å²) in [7, 11) is 1.42. The van der Waals surface area contributed by atoms with Gasteiger partial charge >= 0.3 is 5.97 Å². The van der Waals surface area contributed by atoms with Crippen LogP contribution in [0.3, 0.4) is 0 Å². The highest BCUT2D eigenvalue weighted by Gasteiger charge is 2.27. The third kappa shape index (κ3) is 7.08. The molecule has 42 heavy (non-hydrogen) atoms. The monoisotopic (exact) mass is 582 g/mol. The van der Waals surface area contributed by atoms with E-state index in [1.165, 1.54) is 34.5 Å². The summed E-state index contributed by atoms with van der Waals surface area (Å²) < 4.78 is 4.81. The van der Waals surface area contributed by atoms with Gasteiger partial charge in [0.2, 0.25) is 0 Å². The van der Waals surface area contributed by atoms with E-state index in [-0.39, 0.29) is 17.8 Å². The summed E-state index contributed by atoms with van der Waals surface area (Å²) in [5.41, 5.74) is 7.42. The maximum absolute atomic E-state index is 13.6. The summed E-state index contributed by atoms with van der Waals surface area (Å²) in [6.45, 7) is 2.07. The van der Waals surface area contributed by atoms with Crippen molar-refractivity contribution in [1.29, 1.82) is 0 Å². The van der Waals surface area contributed by atoms with Crippen LogP contribution in [-0.4, -0.2) is 24.9 Å². The molecule has 0 aliphatic heterocycles. The molecule has 7 heteroatoms. The average molecular weight is 583 g/mol. The minimum absolute atomic E-state index is 0.177. The number of methoxy groups -OCH3 is 1. The van der Waals surface area contributed by atoms with E-state index in [2.05, 4.69) is 35.8 Å². The summed E-state index contributed by atoms with van der Waals surface area (Å²) in [6.07, 6.45) is 13.3. The summed E-state index contributed by atoms with van der Waals surface area (Å²) in [5, 5.41) is 6.78. The summed E-state index contributed by atoms with van der Waals surface area (Å²) in [6, 6.07) is 15.7. The van der Waals surface area contributed by atoms with E-state index >= 15 is 0 Å². The van der Waals surface area contributed by atoms with E-state index in [1.54, 1.807) is 0 Å². The lowest BCUT2D eigenvalue weighted by atomic mass is 9.94. The average Bonchev–Trinajstić information content (AvgIpc) is 3.39. The van der Waals surface area contributed by atoms with Gasteiger partial charge in [-0.2, -0.15) is 0 Å². The lowest BCUT2D eigenvalue weighted by Crippen LogP contribution is -2.18. The molecule has 0 saturated carbocycles. The van der Waals surface area contributed by atoms with Gasteiger partial charge in [-0.15, -0.1) is 11.3 Å². The van der Waals surface area contributed by atoms with Crippen LogP contribution in [0.25, 0.3) is 0 Å². The van der Waals surface area contributed by atoms with Crippen molar-refractivity contribution in [2.75, 3.05) is 17.7 Å². The molecule has 1 aromatic heterocycles. The van der Waals surface area contributed by atoms with Crippen LogP contribution in [0.15, 0.2) is 71.8 Å². The number of anilines is 2.